The molecule has 0 heterocycles. The van der Waals surface area contributed by atoms with Crippen LogP contribution in [-0.2, 0) is 12.5 Å². The van der Waals surface area contributed by atoms with Gasteiger partial charge in [-0.3, -0.25) is 0 Å². The lowest BCUT2D eigenvalue weighted by Crippen LogP contribution is -2.25. The first-order chi connectivity index (χ1) is 13.5. The molecule has 0 saturated heterocycles. The quantitative estimate of drug-likeness (QED) is 0.513. The van der Waals surface area contributed by atoms with Crippen LogP contribution in [0.4, 0.5) is 8.78 Å². The van der Waals surface area contributed by atoms with E-state index in [2.05, 4.69) is 0 Å². The van der Waals surface area contributed by atoms with Gasteiger partial charge in [-0.2, -0.15) is 14.0 Å². The third-order valence-electron chi connectivity index (χ3n) is 5.29. The summed E-state index contributed by atoms with van der Waals surface area (Å²) in [5.74, 6) is 0.196. The second-order valence-corrected chi connectivity index (χ2v) is 7.28. The molecule has 0 N–H and O–H groups in total. The van der Waals surface area contributed by atoms with E-state index < -0.39 is 6.11 Å². The maximum Gasteiger partial charge on any atom is 0.426 e. The zero-order chi connectivity index (χ0) is 20.0. The number of benzene rings is 2. The Morgan fingerprint density at radius 1 is 1.11 bits per heavy atom. The lowest BCUT2D eigenvalue weighted by molar-refractivity contribution is -0.186. The summed E-state index contributed by atoms with van der Waals surface area (Å²) >= 11 is 0. The summed E-state index contributed by atoms with van der Waals surface area (Å²) in [5.41, 5.74) is 2.11. The monoisotopic (exact) mass is 381 g/mol. The maximum atomic E-state index is 15.1. The molecule has 146 valence electrons. The zero-order valence-electron chi connectivity index (χ0n) is 16.1. The number of hydrogen-bond acceptors (Lipinski definition) is 2. The molecular formula is C24H25F2NO. The van der Waals surface area contributed by atoms with E-state index in [0.29, 0.717) is 11.1 Å². The van der Waals surface area contributed by atoms with Crippen LogP contribution in [0.3, 0.4) is 0 Å². The molecule has 0 aromatic heterocycles. The molecule has 1 saturated carbocycles. The second-order valence-electron chi connectivity index (χ2n) is 7.28. The molecule has 2 aromatic carbocycles. The summed E-state index contributed by atoms with van der Waals surface area (Å²) in [6, 6.07) is 13.0. The topological polar surface area (TPSA) is 33.0 Å². The minimum Gasteiger partial charge on any atom is -0.429 e. The van der Waals surface area contributed by atoms with Gasteiger partial charge in [0.05, 0.1) is 17.2 Å². The van der Waals surface area contributed by atoms with Crippen LogP contribution in [0.5, 0.6) is 5.75 Å². The molecule has 1 aliphatic rings. The van der Waals surface area contributed by atoms with Gasteiger partial charge in [-0.05, 0) is 73.6 Å². The SMILES string of the molecule is C/C=C/Cc1ccc(C(F)(F)Oc2ccc(C#N)cc2)c(C2CCCCC2)c1. The van der Waals surface area contributed by atoms with E-state index in [4.69, 9.17) is 10.00 Å². The first-order valence-electron chi connectivity index (χ1n) is 9.85. The molecule has 0 spiro atoms. The molecule has 28 heavy (non-hydrogen) atoms. The third kappa shape index (κ3) is 4.78. The summed E-state index contributed by atoms with van der Waals surface area (Å²) < 4.78 is 35.3. The van der Waals surface area contributed by atoms with Crippen molar-refractivity contribution in [3.8, 4) is 11.8 Å². The molecule has 1 fully saturated rings. The fourth-order valence-corrected chi connectivity index (χ4v) is 3.81. The Hall–Kier alpha value is -2.67. The smallest absolute Gasteiger partial charge is 0.426 e. The van der Waals surface area contributed by atoms with Crippen LogP contribution in [0.1, 0.15) is 67.2 Å². The largest absolute Gasteiger partial charge is 0.429 e. The highest BCUT2D eigenvalue weighted by Gasteiger charge is 2.38. The Bertz CT molecular complexity index is 859. The van der Waals surface area contributed by atoms with Crippen molar-refractivity contribution < 1.29 is 13.5 Å². The summed E-state index contributed by atoms with van der Waals surface area (Å²) in [6.07, 6.45) is 6.50. The van der Waals surface area contributed by atoms with Gasteiger partial charge in [0.25, 0.3) is 0 Å². The number of nitriles is 1. The standard InChI is InChI=1S/C24H25F2NO/c1-2-3-7-18-12-15-23(22(16-18)20-8-5-4-6-9-20)24(25,26)28-21-13-10-19(17-27)11-14-21/h2-3,10-16,20H,4-9H2,1H3/b3-2+. The van der Waals surface area contributed by atoms with Crippen molar-refractivity contribution in [3.63, 3.8) is 0 Å². The van der Waals surface area contributed by atoms with Gasteiger partial charge in [0, 0.05) is 0 Å². The van der Waals surface area contributed by atoms with E-state index in [0.717, 1.165) is 37.7 Å². The van der Waals surface area contributed by atoms with Crippen molar-refractivity contribution >= 4 is 0 Å². The lowest BCUT2D eigenvalue weighted by atomic mass is 9.81. The van der Waals surface area contributed by atoms with Gasteiger partial charge in [-0.1, -0.05) is 43.5 Å². The molecule has 0 atom stereocenters. The van der Waals surface area contributed by atoms with Gasteiger partial charge >= 0.3 is 6.11 Å². The number of ether oxygens (including phenoxy) is 1. The van der Waals surface area contributed by atoms with Crippen molar-refractivity contribution in [1.82, 2.24) is 0 Å². The number of halogens is 2. The third-order valence-corrected chi connectivity index (χ3v) is 5.29. The molecule has 3 rings (SSSR count). The molecule has 0 aliphatic heterocycles. The van der Waals surface area contributed by atoms with Gasteiger partial charge < -0.3 is 4.74 Å². The first-order valence-corrected chi connectivity index (χ1v) is 9.85. The van der Waals surface area contributed by atoms with Crippen LogP contribution >= 0.6 is 0 Å². The molecular weight excluding hydrogens is 356 g/mol. The number of rotatable bonds is 6. The fraction of sp³-hybridized carbons (Fsp3) is 0.375. The Morgan fingerprint density at radius 3 is 2.46 bits per heavy atom. The van der Waals surface area contributed by atoms with E-state index in [1.807, 2.05) is 31.2 Å². The Kier molecular flexibility index (Phi) is 6.46. The number of allylic oxidation sites excluding steroid dienone is 2. The highest BCUT2D eigenvalue weighted by Crippen LogP contribution is 2.41. The fourth-order valence-electron chi connectivity index (χ4n) is 3.81. The minimum atomic E-state index is -3.43. The summed E-state index contributed by atoms with van der Waals surface area (Å²) in [7, 11) is 0. The van der Waals surface area contributed by atoms with Crippen LogP contribution in [0.2, 0.25) is 0 Å². The zero-order valence-corrected chi connectivity index (χ0v) is 16.1. The number of nitrogens with zero attached hydrogens (tertiary/aromatic N) is 1. The number of hydrogen-bond donors (Lipinski definition) is 0. The molecule has 2 nitrogen and oxygen atoms in total. The van der Waals surface area contributed by atoms with Crippen molar-refractivity contribution in [2.45, 2.75) is 57.5 Å². The van der Waals surface area contributed by atoms with Gasteiger partial charge in [0.1, 0.15) is 5.75 Å². The van der Waals surface area contributed by atoms with Crippen molar-refractivity contribution in [3.05, 3.63) is 76.9 Å². The second kappa shape index (κ2) is 9.01. The Morgan fingerprint density at radius 2 is 1.82 bits per heavy atom. The van der Waals surface area contributed by atoms with E-state index in [-0.39, 0.29) is 17.2 Å². The summed E-state index contributed by atoms with van der Waals surface area (Å²) in [6.45, 7) is 1.95. The first kappa shape index (κ1) is 20.1. The van der Waals surface area contributed by atoms with E-state index in [1.54, 1.807) is 6.07 Å². The van der Waals surface area contributed by atoms with E-state index >= 15 is 8.78 Å². The van der Waals surface area contributed by atoms with Crippen molar-refractivity contribution in [2.24, 2.45) is 0 Å². The van der Waals surface area contributed by atoms with Gasteiger partial charge in [-0.15, -0.1) is 0 Å². The Balaban J connectivity index is 1.93. The molecule has 0 amide bonds. The number of alkyl halides is 2. The predicted octanol–water partition coefficient (Wildman–Crippen LogP) is 6.85. The normalized spacial score (nSPS) is 15.5. The van der Waals surface area contributed by atoms with Crippen LogP contribution in [0.15, 0.2) is 54.6 Å². The van der Waals surface area contributed by atoms with Gasteiger partial charge in [0.2, 0.25) is 0 Å². The summed E-state index contributed by atoms with van der Waals surface area (Å²) in [5, 5.41) is 8.86. The predicted molar refractivity (Wildman–Crippen MR) is 106 cm³/mol. The highest BCUT2D eigenvalue weighted by molar-refractivity contribution is 5.39. The van der Waals surface area contributed by atoms with Crippen molar-refractivity contribution in [1.29, 1.82) is 5.26 Å². The molecule has 1 aliphatic carbocycles. The maximum absolute atomic E-state index is 15.1. The molecule has 0 bridgehead atoms. The van der Waals surface area contributed by atoms with E-state index in [9.17, 15) is 0 Å². The van der Waals surface area contributed by atoms with Gasteiger partial charge in [0.15, 0.2) is 0 Å². The summed E-state index contributed by atoms with van der Waals surface area (Å²) in [4.78, 5) is 0. The lowest BCUT2D eigenvalue weighted by Gasteiger charge is -2.28. The molecule has 0 radical (unpaired) electrons. The Labute approximate surface area is 165 Å². The van der Waals surface area contributed by atoms with Crippen LogP contribution in [-0.4, -0.2) is 0 Å². The molecule has 4 heteroatoms. The van der Waals surface area contributed by atoms with Gasteiger partial charge in [-0.25, -0.2) is 0 Å². The average molecular weight is 381 g/mol. The van der Waals surface area contributed by atoms with Crippen molar-refractivity contribution in [2.75, 3.05) is 0 Å². The van der Waals surface area contributed by atoms with Crippen LogP contribution in [0, 0.1) is 11.3 Å². The molecule has 0 unspecified atom stereocenters. The minimum absolute atomic E-state index is 0.0482. The van der Waals surface area contributed by atoms with Crippen LogP contribution < -0.4 is 4.74 Å². The van der Waals surface area contributed by atoms with E-state index in [1.165, 1.54) is 36.8 Å². The van der Waals surface area contributed by atoms with Crippen LogP contribution in [0.25, 0.3) is 0 Å². The highest BCUT2D eigenvalue weighted by atomic mass is 19.3. The average Bonchev–Trinajstić information content (AvgIpc) is 2.73. The molecule has 2 aromatic rings.